The van der Waals surface area contributed by atoms with Crippen LogP contribution in [0.3, 0.4) is 0 Å². The summed E-state index contributed by atoms with van der Waals surface area (Å²) in [5.41, 5.74) is 5.04. The number of carbonyl (C=O) groups is 1. The van der Waals surface area contributed by atoms with Crippen molar-refractivity contribution in [2.24, 2.45) is 10.7 Å². The van der Waals surface area contributed by atoms with Gasteiger partial charge in [-0.3, -0.25) is 4.99 Å². The molecule has 0 saturated heterocycles. The average molecular weight is 188 g/mol. The third kappa shape index (κ3) is 2.66. The lowest BCUT2D eigenvalue weighted by atomic mass is 10.2. The van der Waals surface area contributed by atoms with E-state index < -0.39 is 11.9 Å². The van der Waals surface area contributed by atoms with Gasteiger partial charge in [-0.1, -0.05) is 0 Å². The Balaban J connectivity index is 5.10. The molecular formula is C7H12N2O4. The van der Waals surface area contributed by atoms with Gasteiger partial charge < -0.3 is 20.3 Å². The van der Waals surface area contributed by atoms with Crippen LogP contribution in [0.15, 0.2) is 16.5 Å². The summed E-state index contributed by atoms with van der Waals surface area (Å²) in [6, 6.07) is 0. The van der Waals surface area contributed by atoms with E-state index >= 15 is 0 Å². The Morgan fingerprint density at radius 2 is 1.92 bits per heavy atom. The SMILES string of the molecule is CN=C(N)/C(C(=O)OC)=C(/O)OC. The molecule has 0 spiro atoms. The minimum atomic E-state index is -0.803. The second kappa shape index (κ2) is 5.02. The molecule has 0 aromatic carbocycles. The highest BCUT2D eigenvalue weighted by Crippen LogP contribution is 2.04. The molecule has 0 aliphatic carbocycles. The van der Waals surface area contributed by atoms with Crippen LogP contribution in [0.1, 0.15) is 0 Å². The van der Waals surface area contributed by atoms with Gasteiger partial charge in [-0.05, 0) is 0 Å². The largest absolute Gasteiger partial charge is 0.480 e. The smallest absolute Gasteiger partial charge is 0.348 e. The van der Waals surface area contributed by atoms with Gasteiger partial charge >= 0.3 is 5.97 Å². The van der Waals surface area contributed by atoms with Crippen molar-refractivity contribution in [3.63, 3.8) is 0 Å². The van der Waals surface area contributed by atoms with Crippen molar-refractivity contribution >= 4 is 11.8 Å². The summed E-state index contributed by atoms with van der Waals surface area (Å²) in [5.74, 6) is -1.57. The number of aliphatic hydroxyl groups excluding tert-OH is 1. The van der Waals surface area contributed by atoms with Crippen LogP contribution in [0.4, 0.5) is 0 Å². The van der Waals surface area contributed by atoms with E-state index in [0.29, 0.717) is 0 Å². The zero-order valence-corrected chi connectivity index (χ0v) is 7.70. The summed E-state index contributed by atoms with van der Waals surface area (Å²) in [6.45, 7) is 0. The van der Waals surface area contributed by atoms with Crippen LogP contribution in [0, 0.1) is 0 Å². The Hall–Kier alpha value is -1.72. The van der Waals surface area contributed by atoms with E-state index in [-0.39, 0.29) is 11.4 Å². The molecule has 0 radical (unpaired) electrons. The first-order valence-electron chi connectivity index (χ1n) is 3.36. The Labute approximate surface area is 75.7 Å². The standard InChI is InChI=1S/C7H12N2O4/c1-9-5(8)4(6(10)12-2)7(11)13-3/h10H,1-3H3,(H2,8,9)/b6-4+. The molecule has 6 heteroatoms. The van der Waals surface area contributed by atoms with Gasteiger partial charge in [0.25, 0.3) is 5.95 Å². The number of hydrogen-bond acceptors (Lipinski definition) is 5. The summed E-state index contributed by atoms with van der Waals surface area (Å²) >= 11 is 0. The number of methoxy groups -OCH3 is 2. The van der Waals surface area contributed by atoms with Gasteiger partial charge in [0, 0.05) is 7.05 Å². The Bertz CT molecular complexity index is 257. The number of carbonyl (C=O) groups excluding carboxylic acids is 1. The van der Waals surface area contributed by atoms with E-state index in [1.807, 2.05) is 0 Å². The van der Waals surface area contributed by atoms with Gasteiger partial charge in [-0.2, -0.15) is 0 Å². The zero-order valence-electron chi connectivity index (χ0n) is 7.70. The van der Waals surface area contributed by atoms with Gasteiger partial charge in [0.2, 0.25) is 0 Å². The molecule has 0 heterocycles. The molecule has 0 aromatic rings. The van der Waals surface area contributed by atoms with E-state index in [1.165, 1.54) is 14.2 Å². The minimum Gasteiger partial charge on any atom is -0.480 e. The maximum absolute atomic E-state index is 11.0. The lowest BCUT2D eigenvalue weighted by Gasteiger charge is -2.05. The van der Waals surface area contributed by atoms with Crippen LogP contribution in [-0.4, -0.2) is 38.2 Å². The molecule has 0 saturated carbocycles. The predicted octanol–water partition coefficient (Wildman–Crippen LogP) is -0.438. The third-order valence-corrected chi connectivity index (χ3v) is 1.29. The first kappa shape index (κ1) is 11.3. The number of hydrogen-bond donors (Lipinski definition) is 2. The van der Waals surface area contributed by atoms with Crippen molar-refractivity contribution in [3.05, 3.63) is 11.5 Å². The molecule has 0 atom stereocenters. The Morgan fingerprint density at radius 3 is 2.23 bits per heavy atom. The fourth-order valence-electron chi connectivity index (χ4n) is 0.617. The molecule has 0 aliphatic heterocycles. The number of nitrogens with two attached hydrogens (primary N) is 1. The van der Waals surface area contributed by atoms with Crippen LogP contribution in [0.2, 0.25) is 0 Å². The van der Waals surface area contributed by atoms with Crippen molar-refractivity contribution in [1.82, 2.24) is 0 Å². The van der Waals surface area contributed by atoms with E-state index in [2.05, 4.69) is 14.5 Å². The molecule has 6 nitrogen and oxygen atoms in total. The highest BCUT2D eigenvalue weighted by molar-refractivity contribution is 6.18. The average Bonchev–Trinajstić information content (AvgIpc) is 2.16. The summed E-state index contributed by atoms with van der Waals surface area (Å²) in [7, 11) is 3.73. The van der Waals surface area contributed by atoms with Crippen LogP contribution in [-0.2, 0) is 14.3 Å². The molecule has 0 fully saturated rings. The van der Waals surface area contributed by atoms with E-state index in [9.17, 15) is 4.79 Å². The van der Waals surface area contributed by atoms with Gasteiger partial charge in [-0.15, -0.1) is 0 Å². The van der Waals surface area contributed by atoms with Gasteiger partial charge in [0.15, 0.2) is 5.57 Å². The minimum absolute atomic E-state index is 0.147. The predicted molar refractivity (Wildman–Crippen MR) is 46.2 cm³/mol. The molecule has 3 N–H and O–H groups in total. The highest BCUT2D eigenvalue weighted by atomic mass is 16.6. The quantitative estimate of drug-likeness (QED) is 0.206. The van der Waals surface area contributed by atoms with Gasteiger partial charge in [0.1, 0.15) is 5.84 Å². The number of ether oxygens (including phenoxy) is 2. The zero-order chi connectivity index (χ0) is 10.4. The molecule has 0 bridgehead atoms. The fraction of sp³-hybridized carbons (Fsp3) is 0.429. The molecule has 0 unspecified atom stereocenters. The number of rotatable bonds is 3. The van der Waals surface area contributed by atoms with Crippen molar-refractivity contribution in [2.45, 2.75) is 0 Å². The summed E-state index contributed by atoms with van der Waals surface area (Å²) in [4.78, 5) is 14.6. The number of nitrogens with zero attached hydrogens (tertiary/aromatic N) is 1. The van der Waals surface area contributed by atoms with Crippen LogP contribution >= 0.6 is 0 Å². The van der Waals surface area contributed by atoms with Crippen molar-refractivity contribution in [2.75, 3.05) is 21.3 Å². The molecular weight excluding hydrogens is 176 g/mol. The Kier molecular flexibility index (Phi) is 4.36. The van der Waals surface area contributed by atoms with Gasteiger partial charge in [0.05, 0.1) is 14.2 Å². The normalized spacial score (nSPS) is 13.3. The van der Waals surface area contributed by atoms with Gasteiger partial charge in [-0.25, -0.2) is 4.79 Å². The molecule has 13 heavy (non-hydrogen) atoms. The lowest BCUT2D eigenvalue weighted by Crippen LogP contribution is -2.24. The molecule has 74 valence electrons. The molecule has 0 amide bonds. The number of aliphatic imine (C=N–C) groups is 1. The summed E-state index contributed by atoms with van der Waals surface area (Å²) in [5, 5.41) is 9.12. The number of esters is 1. The lowest BCUT2D eigenvalue weighted by molar-refractivity contribution is -0.136. The topological polar surface area (TPSA) is 94.1 Å². The molecule has 0 rings (SSSR count). The number of aliphatic hydroxyl groups is 1. The number of amidine groups is 1. The molecule has 0 aliphatic rings. The van der Waals surface area contributed by atoms with E-state index in [1.54, 1.807) is 0 Å². The first-order chi connectivity index (χ1) is 6.08. The second-order valence-corrected chi connectivity index (χ2v) is 1.98. The second-order valence-electron chi connectivity index (χ2n) is 1.98. The Morgan fingerprint density at radius 1 is 1.38 bits per heavy atom. The fourth-order valence-corrected chi connectivity index (χ4v) is 0.617. The van der Waals surface area contributed by atoms with E-state index in [4.69, 9.17) is 10.8 Å². The highest BCUT2D eigenvalue weighted by Gasteiger charge is 2.20. The third-order valence-electron chi connectivity index (χ3n) is 1.29. The van der Waals surface area contributed by atoms with Crippen LogP contribution in [0.25, 0.3) is 0 Å². The molecule has 0 aromatic heterocycles. The summed E-state index contributed by atoms with van der Waals surface area (Å²) < 4.78 is 8.79. The van der Waals surface area contributed by atoms with Crippen molar-refractivity contribution < 1.29 is 19.4 Å². The maximum atomic E-state index is 11.0. The van der Waals surface area contributed by atoms with E-state index in [0.717, 1.165) is 7.11 Å². The van der Waals surface area contributed by atoms with Crippen molar-refractivity contribution in [1.29, 1.82) is 0 Å². The van der Waals surface area contributed by atoms with Crippen molar-refractivity contribution in [3.8, 4) is 0 Å². The maximum Gasteiger partial charge on any atom is 0.348 e. The van der Waals surface area contributed by atoms with Crippen LogP contribution in [0.5, 0.6) is 0 Å². The summed E-state index contributed by atoms with van der Waals surface area (Å²) in [6.07, 6.45) is 0. The first-order valence-corrected chi connectivity index (χ1v) is 3.36. The monoisotopic (exact) mass is 188 g/mol. The van der Waals surface area contributed by atoms with Crippen LogP contribution < -0.4 is 5.73 Å².